The van der Waals surface area contributed by atoms with Gasteiger partial charge in [0.2, 0.25) is 0 Å². The quantitative estimate of drug-likeness (QED) is 0.839. The van der Waals surface area contributed by atoms with E-state index in [1.54, 1.807) is 19.4 Å². The highest BCUT2D eigenvalue weighted by Crippen LogP contribution is 2.29. The van der Waals surface area contributed by atoms with Gasteiger partial charge >= 0.3 is 0 Å². The Morgan fingerprint density at radius 1 is 1.61 bits per heavy atom. The second-order valence-electron chi connectivity index (χ2n) is 5.67. The van der Waals surface area contributed by atoms with Crippen molar-refractivity contribution in [3.05, 3.63) is 22.7 Å². The van der Waals surface area contributed by atoms with E-state index in [0.717, 1.165) is 13.1 Å². The van der Waals surface area contributed by atoms with E-state index in [9.17, 15) is 4.79 Å². The first kappa shape index (κ1) is 13.1. The molecule has 1 atom stereocenters. The van der Waals surface area contributed by atoms with Crippen molar-refractivity contribution in [3.8, 4) is 0 Å². The first-order valence-electron chi connectivity index (χ1n) is 6.49. The molecular formula is C13H22N4O. The van der Waals surface area contributed by atoms with Gasteiger partial charge in [-0.05, 0) is 24.8 Å². The summed E-state index contributed by atoms with van der Waals surface area (Å²) in [6.07, 6.45) is 5.74. The van der Waals surface area contributed by atoms with Gasteiger partial charge in [0.1, 0.15) is 0 Å². The van der Waals surface area contributed by atoms with Crippen LogP contribution in [0.5, 0.6) is 0 Å². The highest BCUT2D eigenvalue weighted by molar-refractivity contribution is 5.31. The summed E-state index contributed by atoms with van der Waals surface area (Å²) in [5.41, 5.74) is 0.178. The van der Waals surface area contributed by atoms with Gasteiger partial charge in [-0.15, -0.1) is 0 Å². The highest BCUT2D eigenvalue weighted by Gasteiger charge is 2.31. The van der Waals surface area contributed by atoms with Gasteiger partial charge in [0, 0.05) is 32.0 Å². The fourth-order valence-electron chi connectivity index (χ4n) is 2.44. The van der Waals surface area contributed by atoms with Crippen LogP contribution in [0.2, 0.25) is 0 Å². The van der Waals surface area contributed by atoms with Crippen LogP contribution in [0.15, 0.2) is 17.2 Å². The van der Waals surface area contributed by atoms with Crippen molar-refractivity contribution in [2.45, 2.75) is 32.7 Å². The lowest BCUT2D eigenvalue weighted by atomic mass is 9.77. The summed E-state index contributed by atoms with van der Waals surface area (Å²) in [4.78, 5) is 15.9. The number of aromatic nitrogens is 2. The molecule has 0 radical (unpaired) electrons. The number of hydrogen-bond donors (Lipinski definition) is 2. The van der Waals surface area contributed by atoms with Crippen LogP contribution < -0.4 is 16.2 Å². The van der Waals surface area contributed by atoms with Crippen molar-refractivity contribution in [1.82, 2.24) is 14.9 Å². The maximum absolute atomic E-state index is 11.8. The molecule has 2 heterocycles. The number of aryl methyl sites for hydroxylation is 1. The Balaban J connectivity index is 2.03. The van der Waals surface area contributed by atoms with E-state index in [2.05, 4.69) is 29.5 Å². The Bertz CT molecular complexity index is 466. The molecule has 1 saturated heterocycles. The van der Waals surface area contributed by atoms with Gasteiger partial charge in [-0.1, -0.05) is 13.8 Å². The number of anilines is 1. The summed E-state index contributed by atoms with van der Waals surface area (Å²) < 4.78 is 1.54. The molecule has 1 aliphatic rings. The monoisotopic (exact) mass is 250 g/mol. The molecular weight excluding hydrogens is 228 g/mol. The molecule has 0 aromatic carbocycles. The zero-order chi connectivity index (χ0) is 13.2. The second kappa shape index (κ2) is 5.10. The number of nitrogens with one attached hydrogen (secondary N) is 2. The average Bonchev–Trinajstić information content (AvgIpc) is 2.32. The summed E-state index contributed by atoms with van der Waals surface area (Å²) in [6, 6.07) is 0.373. The molecule has 2 N–H and O–H groups in total. The van der Waals surface area contributed by atoms with Crippen molar-refractivity contribution in [3.63, 3.8) is 0 Å². The first-order valence-corrected chi connectivity index (χ1v) is 6.49. The predicted octanol–water partition coefficient (Wildman–Crippen LogP) is 0.970. The Kier molecular flexibility index (Phi) is 3.71. The molecule has 0 amide bonds. The van der Waals surface area contributed by atoms with Gasteiger partial charge in [0.05, 0.1) is 0 Å². The Morgan fingerprint density at radius 3 is 3.11 bits per heavy atom. The first-order chi connectivity index (χ1) is 8.50. The molecule has 0 aliphatic carbocycles. The van der Waals surface area contributed by atoms with E-state index in [1.165, 1.54) is 17.4 Å². The lowest BCUT2D eigenvalue weighted by molar-refractivity contribution is 0.188. The highest BCUT2D eigenvalue weighted by atomic mass is 16.1. The minimum Gasteiger partial charge on any atom is -0.364 e. The molecule has 18 heavy (non-hydrogen) atoms. The third-order valence-corrected chi connectivity index (χ3v) is 3.82. The standard InChI is InChI=1S/C13H22N4O/c1-13(2)5-4-6-14-10(13)9-16-11-12(18)17(3)8-7-15-11/h7-8,10,14H,4-6,9H2,1-3H3,(H,15,16). The summed E-state index contributed by atoms with van der Waals surface area (Å²) in [5, 5.41) is 6.69. The molecule has 1 aromatic heterocycles. The van der Waals surface area contributed by atoms with Crippen molar-refractivity contribution in [1.29, 1.82) is 0 Å². The van der Waals surface area contributed by atoms with Crippen LogP contribution in [0.1, 0.15) is 26.7 Å². The maximum atomic E-state index is 11.8. The maximum Gasteiger partial charge on any atom is 0.293 e. The molecule has 100 valence electrons. The lowest BCUT2D eigenvalue weighted by Gasteiger charge is -2.39. The molecule has 0 saturated carbocycles. The average molecular weight is 250 g/mol. The van der Waals surface area contributed by atoms with Crippen molar-refractivity contribution < 1.29 is 0 Å². The van der Waals surface area contributed by atoms with E-state index in [0.29, 0.717) is 11.9 Å². The van der Waals surface area contributed by atoms with E-state index < -0.39 is 0 Å². The topological polar surface area (TPSA) is 59.0 Å². The van der Waals surface area contributed by atoms with E-state index >= 15 is 0 Å². The third kappa shape index (κ3) is 2.72. The van der Waals surface area contributed by atoms with Gasteiger partial charge in [-0.3, -0.25) is 4.79 Å². The van der Waals surface area contributed by atoms with Crippen LogP contribution in [-0.4, -0.2) is 28.7 Å². The number of rotatable bonds is 3. The molecule has 2 rings (SSSR count). The fraction of sp³-hybridized carbons (Fsp3) is 0.692. The van der Waals surface area contributed by atoms with Crippen LogP contribution in [0, 0.1) is 5.41 Å². The number of hydrogen-bond acceptors (Lipinski definition) is 4. The zero-order valence-electron chi connectivity index (χ0n) is 11.4. The normalized spacial score (nSPS) is 22.7. The number of nitrogens with zero attached hydrogens (tertiary/aromatic N) is 2. The largest absolute Gasteiger partial charge is 0.364 e. The second-order valence-corrected chi connectivity index (χ2v) is 5.67. The summed E-state index contributed by atoms with van der Waals surface area (Å²) in [6.45, 7) is 6.32. The van der Waals surface area contributed by atoms with E-state index in [1.807, 2.05) is 0 Å². The molecule has 0 bridgehead atoms. The van der Waals surface area contributed by atoms with Crippen LogP contribution in [-0.2, 0) is 7.05 Å². The minimum atomic E-state index is -0.0777. The smallest absolute Gasteiger partial charge is 0.293 e. The lowest BCUT2D eigenvalue weighted by Crippen LogP contribution is -2.50. The van der Waals surface area contributed by atoms with Gasteiger partial charge in [0.15, 0.2) is 5.82 Å². The van der Waals surface area contributed by atoms with Crippen LogP contribution >= 0.6 is 0 Å². The number of piperidine rings is 1. The Morgan fingerprint density at radius 2 is 2.39 bits per heavy atom. The van der Waals surface area contributed by atoms with E-state index in [4.69, 9.17) is 0 Å². The van der Waals surface area contributed by atoms with Gasteiger partial charge in [-0.2, -0.15) is 0 Å². The van der Waals surface area contributed by atoms with Gasteiger partial charge < -0.3 is 15.2 Å². The molecule has 1 unspecified atom stereocenters. The van der Waals surface area contributed by atoms with Crippen LogP contribution in [0.3, 0.4) is 0 Å². The Labute approximate surface area is 108 Å². The molecule has 5 nitrogen and oxygen atoms in total. The molecule has 1 fully saturated rings. The third-order valence-electron chi connectivity index (χ3n) is 3.82. The van der Waals surface area contributed by atoms with Crippen LogP contribution in [0.4, 0.5) is 5.82 Å². The zero-order valence-corrected chi connectivity index (χ0v) is 11.4. The summed E-state index contributed by atoms with van der Waals surface area (Å²) in [7, 11) is 1.73. The summed E-state index contributed by atoms with van der Waals surface area (Å²) >= 11 is 0. The van der Waals surface area contributed by atoms with Gasteiger partial charge in [-0.25, -0.2) is 4.98 Å². The fourth-order valence-corrected chi connectivity index (χ4v) is 2.44. The molecule has 1 aliphatic heterocycles. The van der Waals surface area contributed by atoms with Crippen LogP contribution in [0.25, 0.3) is 0 Å². The SMILES string of the molecule is Cn1ccnc(NCC2NCCCC2(C)C)c1=O. The van der Waals surface area contributed by atoms with Crippen molar-refractivity contribution >= 4 is 5.82 Å². The Hall–Kier alpha value is -1.36. The van der Waals surface area contributed by atoms with Gasteiger partial charge in [0.25, 0.3) is 5.56 Å². The van der Waals surface area contributed by atoms with E-state index in [-0.39, 0.29) is 11.0 Å². The summed E-state index contributed by atoms with van der Waals surface area (Å²) in [5.74, 6) is 0.433. The van der Waals surface area contributed by atoms with Crippen molar-refractivity contribution in [2.75, 3.05) is 18.4 Å². The van der Waals surface area contributed by atoms with Crippen molar-refractivity contribution in [2.24, 2.45) is 12.5 Å². The predicted molar refractivity (Wildman–Crippen MR) is 72.8 cm³/mol. The molecule has 5 heteroatoms. The molecule has 0 spiro atoms. The minimum absolute atomic E-state index is 0.0777. The molecule has 1 aromatic rings.